The van der Waals surface area contributed by atoms with Crippen molar-refractivity contribution < 1.29 is 8.83 Å². The minimum Gasteiger partial charge on any atom is -0.356 e. The van der Waals surface area contributed by atoms with Gasteiger partial charge in [-0.1, -0.05) is 12.1 Å². The summed E-state index contributed by atoms with van der Waals surface area (Å²) >= 11 is 0. The van der Waals surface area contributed by atoms with Crippen molar-refractivity contribution in [1.29, 1.82) is 0 Å². The van der Waals surface area contributed by atoms with Gasteiger partial charge in [-0.15, -0.1) is 0 Å². The van der Waals surface area contributed by atoms with Gasteiger partial charge in [0, 0.05) is 0 Å². The fourth-order valence-corrected chi connectivity index (χ4v) is 1.12. The zero-order valence-electron chi connectivity index (χ0n) is 6.85. The molecule has 14 heavy (non-hydrogen) atoms. The third-order valence-electron chi connectivity index (χ3n) is 1.72. The largest absolute Gasteiger partial charge is 0.524 e. The third kappa shape index (κ3) is 1.24. The molecule has 0 amide bonds. The molecule has 0 unspecified atom stereocenters. The summed E-state index contributed by atoms with van der Waals surface area (Å²) in [5.41, 5.74) is -1.76. The van der Waals surface area contributed by atoms with E-state index in [9.17, 15) is 14.4 Å². The van der Waals surface area contributed by atoms with Gasteiger partial charge >= 0.3 is 17.1 Å². The quantitative estimate of drug-likeness (QED) is 0.591. The zero-order valence-corrected chi connectivity index (χ0v) is 6.85. The minimum atomic E-state index is -1.30. The first-order valence-electron chi connectivity index (χ1n) is 3.76. The predicted molar refractivity (Wildman–Crippen MR) is 47.3 cm³/mol. The van der Waals surface area contributed by atoms with Crippen molar-refractivity contribution in [3.8, 4) is 0 Å². The molecule has 0 spiro atoms. The average molecular weight is 192 g/mol. The summed E-state index contributed by atoms with van der Waals surface area (Å²) in [4.78, 5) is 33.1. The van der Waals surface area contributed by atoms with Crippen LogP contribution in [0, 0.1) is 0 Å². The number of fused-ring (bicyclic) bond motifs is 1. The Bertz CT molecular complexity index is 594. The molecule has 0 aliphatic rings. The molecule has 0 atom stereocenters. The monoisotopic (exact) mass is 192 g/mol. The van der Waals surface area contributed by atoms with Gasteiger partial charge in [-0.25, -0.2) is 14.4 Å². The molecule has 0 radical (unpaired) electrons. The number of rotatable bonds is 0. The molecule has 0 fully saturated rings. The molecule has 0 bridgehead atoms. The van der Waals surface area contributed by atoms with E-state index in [4.69, 9.17) is 0 Å². The van der Waals surface area contributed by atoms with E-state index >= 15 is 0 Å². The van der Waals surface area contributed by atoms with Crippen LogP contribution in [0.5, 0.6) is 0 Å². The van der Waals surface area contributed by atoms with Gasteiger partial charge in [0.1, 0.15) is 0 Å². The summed E-state index contributed by atoms with van der Waals surface area (Å²) < 4.78 is 8.37. The first-order valence-corrected chi connectivity index (χ1v) is 3.76. The molecule has 5 nitrogen and oxygen atoms in total. The van der Waals surface area contributed by atoms with Crippen LogP contribution in [0.3, 0.4) is 0 Å². The standard InChI is InChI=1S/C9H4O5/c10-7-5-3-1-2-4-6(5)8(11)14-9(12)13-7/h1-4H. The SMILES string of the molecule is O=c1oc(=O)c2ccccc2c(=O)o1. The van der Waals surface area contributed by atoms with E-state index in [2.05, 4.69) is 8.83 Å². The van der Waals surface area contributed by atoms with Crippen molar-refractivity contribution in [1.82, 2.24) is 0 Å². The maximum atomic E-state index is 11.2. The second kappa shape index (κ2) is 2.95. The van der Waals surface area contributed by atoms with Crippen LogP contribution in [0.4, 0.5) is 0 Å². The lowest BCUT2D eigenvalue weighted by Crippen LogP contribution is -2.04. The average Bonchev–Trinajstić information content (AvgIpc) is 2.26. The normalized spacial score (nSPS) is 10.3. The molecule has 0 saturated carbocycles. The van der Waals surface area contributed by atoms with Crippen LogP contribution in [0.25, 0.3) is 10.8 Å². The Balaban J connectivity index is 3.26. The summed E-state index contributed by atoms with van der Waals surface area (Å²) in [6.45, 7) is 0. The van der Waals surface area contributed by atoms with Gasteiger partial charge in [-0.3, -0.25) is 0 Å². The Hall–Kier alpha value is -2.17. The molecule has 1 aromatic heterocycles. The highest BCUT2D eigenvalue weighted by Crippen LogP contribution is 2.01. The van der Waals surface area contributed by atoms with Crippen molar-refractivity contribution in [2.75, 3.05) is 0 Å². The molecular formula is C9H4O5. The van der Waals surface area contributed by atoms with Crippen molar-refractivity contribution in [3.05, 3.63) is 55.7 Å². The molecule has 70 valence electrons. The summed E-state index contributed by atoms with van der Waals surface area (Å²) in [5.74, 6) is -1.30. The van der Waals surface area contributed by atoms with E-state index in [1.54, 1.807) is 12.1 Å². The molecule has 2 aromatic rings. The van der Waals surface area contributed by atoms with Crippen molar-refractivity contribution in [2.45, 2.75) is 0 Å². The summed E-state index contributed by atoms with van der Waals surface area (Å²) in [7, 11) is 0. The van der Waals surface area contributed by atoms with Crippen LogP contribution in [0.15, 0.2) is 47.5 Å². The molecular weight excluding hydrogens is 188 g/mol. The van der Waals surface area contributed by atoms with Gasteiger partial charge in [-0.2, -0.15) is 0 Å². The second-order valence-corrected chi connectivity index (χ2v) is 2.57. The fraction of sp³-hybridized carbons (Fsp3) is 0. The molecule has 2 rings (SSSR count). The molecule has 5 heteroatoms. The maximum absolute atomic E-state index is 11.2. The first-order chi connectivity index (χ1) is 6.68. The molecule has 0 N–H and O–H groups in total. The predicted octanol–water partition coefficient (Wildman–Crippen LogP) is 0.106. The van der Waals surface area contributed by atoms with Gasteiger partial charge in [0.15, 0.2) is 0 Å². The second-order valence-electron chi connectivity index (χ2n) is 2.57. The number of hydrogen-bond donors (Lipinski definition) is 0. The van der Waals surface area contributed by atoms with E-state index in [0.29, 0.717) is 0 Å². The lowest BCUT2D eigenvalue weighted by atomic mass is 10.2. The summed E-state index contributed by atoms with van der Waals surface area (Å²) in [6.07, 6.45) is 0. The molecule has 0 aliphatic heterocycles. The highest BCUT2D eigenvalue weighted by molar-refractivity contribution is 5.79. The summed E-state index contributed by atoms with van der Waals surface area (Å²) in [5, 5.41) is 0.0618. The Kier molecular flexibility index (Phi) is 1.78. The van der Waals surface area contributed by atoms with E-state index in [-0.39, 0.29) is 10.8 Å². The van der Waals surface area contributed by atoms with Crippen molar-refractivity contribution in [3.63, 3.8) is 0 Å². The summed E-state index contributed by atoms with van der Waals surface area (Å²) in [6, 6.07) is 5.89. The van der Waals surface area contributed by atoms with Crippen LogP contribution in [-0.4, -0.2) is 0 Å². The van der Waals surface area contributed by atoms with E-state index in [1.165, 1.54) is 12.1 Å². The van der Waals surface area contributed by atoms with E-state index < -0.39 is 17.1 Å². The molecule has 0 saturated heterocycles. The number of benzene rings is 1. The smallest absolute Gasteiger partial charge is 0.356 e. The first kappa shape index (κ1) is 8.43. The van der Waals surface area contributed by atoms with Gasteiger partial charge < -0.3 is 8.83 Å². The Morgan fingerprint density at radius 1 is 0.786 bits per heavy atom. The Morgan fingerprint density at radius 2 is 1.21 bits per heavy atom. The van der Waals surface area contributed by atoms with Crippen molar-refractivity contribution in [2.24, 2.45) is 0 Å². The number of hydrogen-bond acceptors (Lipinski definition) is 5. The fourth-order valence-electron chi connectivity index (χ4n) is 1.12. The maximum Gasteiger partial charge on any atom is 0.524 e. The van der Waals surface area contributed by atoms with E-state index in [0.717, 1.165) is 0 Å². The van der Waals surface area contributed by atoms with Crippen LogP contribution in [-0.2, 0) is 0 Å². The van der Waals surface area contributed by atoms with Crippen LogP contribution in [0.2, 0.25) is 0 Å². The van der Waals surface area contributed by atoms with Crippen molar-refractivity contribution >= 4 is 10.8 Å². The molecule has 0 aliphatic carbocycles. The van der Waals surface area contributed by atoms with Crippen LogP contribution >= 0.6 is 0 Å². The molecule has 1 aromatic carbocycles. The van der Waals surface area contributed by atoms with Gasteiger partial charge in [0.25, 0.3) is 0 Å². The van der Waals surface area contributed by atoms with Crippen LogP contribution in [0.1, 0.15) is 0 Å². The molecule has 1 heterocycles. The minimum absolute atomic E-state index is 0.0309. The zero-order chi connectivity index (χ0) is 10.1. The van der Waals surface area contributed by atoms with Crippen LogP contribution < -0.4 is 17.1 Å². The Labute approximate surface area is 76.2 Å². The van der Waals surface area contributed by atoms with Gasteiger partial charge in [0.05, 0.1) is 10.8 Å². The lowest BCUT2D eigenvalue weighted by Gasteiger charge is -1.83. The highest BCUT2D eigenvalue weighted by atomic mass is 16.6. The van der Waals surface area contributed by atoms with Gasteiger partial charge in [0.2, 0.25) is 0 Å². The Morgan fingerprint density at radius 3 is 1.64 bits per heavy atom. The van der Waals surface area contributed by atoms with E-state index in [1.807, 2.05) is 0 Å². The highest BCUT2D eigenvalue weighted by Gasteiger charge is 2.03. The topological polar surface area (TPSA) is 77.5 Å². The third-order valence-corrected chi connectivity index (χ3v) is 1.72. The van der Waals surface area contributed by atoms with Gasteiger partial charge in [-0.05, 0) is 12.1 Å². The lowest BCUT2D eigenvalue weighted by molar-refractivity contribution is 0.311.